The highest BCUT2D eigenvalue weighted by Gasteiger charge is 2.22. The summed E-state index contributed by atoms with van der Waals surface area (Å²) in [4.78, 5) is 4.11. The Balaban J connectivity index is 1.39. The van der Waals surface area contributed by atoms with E-state index >= 15 is 0 Å². The van der Waals surface area contributed by atoms with Gasteiger partial charge in [0.15, 0.2) is 0 Å². The molecule has 1 saturated heterocycles. The maximum absolute atomic E-state index is 3.74. The van der Waals surface area contributed by atoms with Crippen molar-refractivity contribution in [2.45, 2.75) is 48.8 Å². The molecule has 1 fully saturated rings. The highest BCUT2D eigenvalue weighted by molar-refractivity contribution is 8.00. The molecule has 2 atom stereocenters. The number of benzene rings is 1. The fraction of sp³-hybridized carbons (Fsp3) is 0.647. The van der Waals surface area contributed by atoms with Gasteiger partial charge in [-0.1, -0.05) is 24.6 Å². The molecule has 0 amide bonds. The zero-order chi connectivity index (χ0) is 13.8. The number of fused-ring (bicyclic) bond motifs is 1. The lowest BCUT2D eigenvalue weighted by molar-refractivity contribution is 0.209. The summed E-state index contributed by atoms with van der Waals surface area (Å²) in [5, 5.41) is 4.46. The van der Waals surface area contributed by atoms with Crippen molar-refractivity contribution >= 4 is 11.8 Å². The zero-order valence-corrected chi connectivity index (χ0v) is 13.3. The van der Waals surface area contributed by atoms with Crippen LogP contribution in [0.4, 0.5) is 0 Å². The van der Waals surface area contributed by atoms with Crippen LogP contribution in [0.5, 0.6) is 0 Å². The molecule has 3 heteroatoms. The summed E-state index contributed by atoms with van der Waals surface area (Å²) in [6, 6.07) is 9.46. The maximum atomic E-state index is 3.74. The number of nitrogens with one attached hydrogen (secondary N) is 1. The summed E-state index contributed by atoms with van der Waals surface area (Å²) < 4.78 is 0. The van der Waals surface area contributed by atoms with Gasteiger partial charge in [-0.3, -0.25) is 0 Å². The van der Waals surface area contributed by atoms with Crippen molar-refractivity contribution in [3.8, 4) is 0 Å². The van der Waals surface area contributed by atoms with E-state index in [-0.39, 0.29) is 0 Å². The molecule has 1 aromatic carbocycles. The Morgan fingerprint density at radius 2 is 2.05 bits per heavy atom. The van der Waals surface area contributed by atoms with Crippen molar-refractivity contribution < 1.29 is 0 Å². The van der Waals surface area contributed by atoms with Crippen LogP contribution >= 0.6 is 11.8 Å². The molecule has 3 rings (SSSR count). The van der Waals surface area contributed by atoms with Gasteiger partial charge in [-0.05, 0) is 50.9 Å². The number of hydrogen-bond donors (Lipinski definition) is 1. The van der Waals surface area contributed by atoms with Gasteiger partial charge in [0.05, 0.1) is 0 Å². The molecule has 0 spiro atoms. The number of piperidine rings is 1. The van der Waals surface area contributed by atoms with E-state index < -0.39 is 0 Å². The van der Waals surface area contributed by atoms with Crippen LogP contribution in [0.3, 0.4) is 0 Å². The molecular weight excluding hydrogens is 264 g/mol. The normalized spacial score (nSPS) is 24.6. The van der Waals surface area contributed by atoms with E-state index in [9.17, 15) is 0 Å². The average molecular weight is 290 g/mol. The topological polar surface area (TPSA) is 15.3 Å². The standard InChI is InChI=1S/C17H26N2S/c1-14(13-19-9-5-2-6-10-19)18-12-16-11-15-7-3-4-8-17(15)20-16/h3-4,7-8,14,16,18H,2,5-6,9-13H2,1H3. The maximum Gasteiger partial charge on any atom is 0.0260 e. The van der Waals surface area contributed by atoms with Crippen LogP contribution in [-0.2, 0) is 6.42 Å². The number of thioether (sulfide) groups is 1. The minimum Gasteiger partial charge on any atom is -0.312 e. The molecule has 0 aromatic heterocycles. The third kappa shape index (κ3) is 3.78. The first-order valence-corrected chi connectivity index (χ1v) is 8.89. The van der Waals surface area contributed by atoms with Gasteiger partial charge < -0.3 is 10.2 Å². The van der Waals surface area contributed by atoms with E-state index in [0.29, 0.717) is 6.04 Å². The number of hydrogen-bond acceptors (Lipinski definition) is 3. The van der Waals surface area contributed by atoms with Gasteiger partial charge >= 0.3 is 0 Å². The van der Waals surface area contributed by atoms with Crippen molar-refractivity contribution in [2.24, 2.45) is 0 Å². The molecular formula is C17H26N2S. The summed E-state index contributed by atoms with van der Waals surface area (Å²) in [5.41, 5.74) is 1.54. The van der Waals surface area contributed by atoms with Crippen molar-refractivity contribution in [3.63, 3.8) is 0 Å². The summed E-state index contributed by atoms with van der Waals surface area (Å²) in [6.45, 7) is 7.28. The van der Waals surface area contributed by atoms with E-state index in [2.05, 4.69) is 41.4 Å². The van der Waals surface area contributed by atoms with Crippen LogP contribution in [0, 0.1) is 0 Å². The van der Waals surface area contributed by atoms with Gasteiger partial charge in [-0.25, -0.2) is 0 Å². The summed E-state index contributed by atoms with van der Waals surface area (Å²) in [7, 11) is 0. The van der Waals surface area contributed by atoms with E-state index in [1.165, 1.54) is 55.8 Å². The molecule has 2 aliphatic rings. The van der Waals surface area contributed by atoms with Crippen LogP contribution in [0.25, 0.3) is 0 Å². The van der Waals surface area contributed by atoms with Crippen LogP contribution in [0.15, 0.2) is 29.2 Å². The molecule has 2 heterocycles. The molecule has 1 N–H and O–H groups in total. The lowest BCUT2D eigenvalue weighted by Crippen LogP contribution is -2.43. The Morgan fingerprint density at radius 3 is 2.85 bits per heavy atom. The monoisotopic (exact) mass is 290 g/mol. The lowest BCUT2D eigenvalue weighted by Gasteiger charge is -2.29. The van der Waals surface area contributed by atoms with E-state index in [4.69, 9.17) is 0 Å². The predicted molar refractivity (Wildman–Crippen MR) is 87.5 cm³/mol. The van der Waals surface area contributed by atoms with Crippen LogP contribution < -0.4 is 5.32 Å². The van der Waals surface area contributed by atoms with E-state index in [0.717, 1.165) is 11.8 Å². The quantitative estimate of drug-likeness (QED) is 0.897. The Morgan fingerprint density at radius 1 is 1.25 bits per heavy atom. The summed E-state index contributed by atoms with van der Waals surface area (Å²) in [6.07, 6.45) is 5.43. The fourth-order valence-electron chi connectivity index (χ4n) is 3.29. The fourth-order valence-corrected chi connectivity index (χ4v) is 4.56. The van der Waals surface area contributed by atoms with Gasteiger partial charge in [0.2, 0.25) is 0 Å². The molecule has 1 aromatic rings. The van der Waals surface area contributed by atoms with Crippen molar-refractivity contribution in [1.82, 2.24) is 10.2 Å². The smallest absolute Gasteiger partial charge is 0.0260 e. The molecule has 2 aliphatic heterocycles. The third-order valence-electron chi connectivity index (χ3n) is 4.39. The SMILES string of the molecule is CC(CN1CCCCC1)NCC1Cc2ccccc2S1. The van der Waals surface area contributed by atoms with E-state index in [1.807, 2.05) is 11.8 Å². The zero-order valence-electron chi connectivity index (χ0n) is 12.5. The molecule has 0 saturated carbocycles. The Bertz CT molecular complexity index is 404. The van der Waals surface area contributed by atoms with Gasteiger partial charge in [-0.2, -0.15) is 0 Å². The second-order valence-corrected chi connectivity index (χ2v) is 7.56. The highest BCUT2D eigenvalue weighted by Crippen LogP contribution is 2.36. The van der Waals surface area contributed by atoms with Gasteiger partial charge in [-0.15, -0.1) is 11.8 Å². The molecule has 20 heavy (non-hydrogen) atoms. The Hall–Kier alpha value is -0.510. The minimum atomic E-state index is 0.609. The number of likely N-dealkylation sites (tertiary alicyclic amines) is 1. The van der Waals surface area contributed by atoms with Gasteiger partial charge in [0, 0.05) is 29.3 Å². The second-order valence-electron chi connectivity index (χ2n) is 6.22. The summed E-state index contributed by atoms with van der Waals surface area (Å²) in [5.74, 6) is 0. The molecule has 0 radical (unpaired) electrons. The molecule has 2 nitrogen and oxygen atoms in total. The summed E-state index contributed by atoms with van der Waals surface area (Å²) >= 11 is 2.05. The molecule has 0 aliphatic carbocycles. The first-order valence-electron chi connectivity index (χ1n) is 8.01. The molecule has 110 valence electrons. The molecule has 2 unspecified atom stereocenters. The lowest BCUT2D eigenvalue weighted by atomic mass is 10.1. The van der Waals surface area contributed by atoms with E-state index in [1.54, 1.807) is 0 Å². The van der Waals surface area contributed by atoms with Crippen LogP contribution in [-0.4, -0.2) is 42.4 Å². The first-order chi connectivity index (χ1) is 9.81. The molecule has 0 bridgehead atoms. The van der Waals surface area contributed by atoms with Crippen LogP contribution in [0.2, 0.25) is 0 Å². The largest absolute Gasteiger partial charge is 0.312 e. The van der Waals surface area contributed by atoms with Gasteiger partial charge in [0.1, 0.15) is 0 Å². The van der Waals surface area contributed by atoms with Crippen molar-refractivity contribution in [1.29, 1.82) is 0 Å². The van der Waals surface area contributed by atoms with Crippen molar-refractivity contribution in [3.05, 3.63) is 29.8 Å². The van der Waals surface area contributed by atoms with Crippen LogP contribution in [0.1, 0.15) is 31.7 Å². The number of nitrogens with zero attached hydrogens (tertiary/aromatic N) is 1. The minimum absolute atomic E-state index is 0.609. The Kier molecular flexibility index (Phi) is 5.03. The third-order valence-corrected chi connectivity index (χ3v) is 5.71. The van der Waals surface area contributed by atoms with Crippen molar-refractivity contribution in [2.75, 3.05) is 26.2 Å². The average Bonchev–Trinajstić information content (AvgIpc) is 2.89. The van der Waals surface area contributed by atoms with Gasteiger partial charge in [0.25, 0.3) is 0 Å². The number of rotatable bonds is 5. The highest BCUT2D eigenvalue weighted by atomic mass is 32.2. The first kappa shape index (κ1) is 14.4. The predicted octanol–water partition coefficient (Wildman–Crippen LogP) is 3.17. The second kappa shape index (κ2) is 6.97. The Labute approximate surface area is 127 Å².